The fraction of sp³-hybridized carbons (Fsp3) is 0.200. The summed E-state index contributed by atoms with van der Waals surface area (Å²) in [5.74, 6) is 0.656. The van der Waals surface area contributed by atoms with Gasteiger partial charge in [-0.3, -0.25) is 25.8 Å². The monoisotopic (exact) mass is 426 g/mol. The first-order chi connectivity index (χ1) is 12.4. The van der Waals surface area contributed by atoms with Gasteiger partial charge in [-0.05, 0) is 28.1 Å². The number of carbonyl (C=O) groups is 1. The lowest BCUT2D eigenvalue weighted by Crippen LogP contribution is -2.30. The number of amides is 1. The summed E-state index contributed by atoms with van der Waals surface area (Å²) < 4.78 is 16.1. The number of nitro groups is 1. The highest BCUT2D eigenvalue weighted by atomic mass is 79.9. The van der Waals surface area contributed by atoms with Crippen molar-refractivity contribution in [1.82, 2.24) is 10.4 Å². The number of nitrogens with one attached hydrogen (secondary N) is 2. The number of hydrazine groups is 1. The molecule has 138 valence electrons. The topological polar surface area (TPSA) is 125 Å². The van der Waals surface area contributed by atoms with Gasteiger partial charge in [-0.25, -0.2) is 4.98 Å². The van der Waals surface area contributed by atoms with Crippen molar-refractivity contribution in [2.45, 2.75) is 0 Å². The second-order valence-electron chi connectivity index (χ2n) is 4.74. The average molecular weight is 427 g/mol. The van der Waals surface area contributed by atoms with E-state index in [0.29, 0.717) is 21.7 Å². The van der Waals surface area contributed by atoms with E-state index in [1.165, 1.54) is 39.5 Å². The number of aromatic nitrogens is 1. The molecule has 1 amide bonds. The molecule has 0 fully saturated rings. The van der Waals surface area contributed by atoms with Crippen molar-refractivity contribution < 1.29 is 23.9 Å². The molecule has 1 aromatic carbocycles. The van der Waals surface area contributed by atoms with Crippen LogP contribution in [0, 0.1) is 10.1 Å². The number of pyridine rings is 1. The standard InChI is InChI=1S/C15H15BrN4O6/c1-24-10-6-9(12(16)14(26-3)13(10)25-2)15(21)19-18-11-5-4-8(7-17-11)20(22)23/h4-7H,1-3H3,(H,17,18)(H,19,21). The van der Waals surface area contributed by atoms with Gasteiger partial charge in [0.05, 0.1) is 36.3 Å². The quantitative estimate of drug-likeness (QED) is 0.510. The van der Waals surface area contributed by atoms with Crippen LogP contribution in [0.2, 0.25) is 0 Å². The lowest BCUT2D eigenvalue weighted by Gasteiger charge is -2.16. The maximum absolute atomic E-state index is 12.5. The fourth-order valence-corrected chi connectivity index (χ4v) is 2.68. The largest absolute Gasteiger partial charge is 0.493 e. The number of anilines is 1. The van der Waals surface area contributed by atoms with Crippen molar-refractivity contribution in [3.05, 3.63) is 44.5 Å². The van der Waals surface area contributed by atoms with E-state index in [1.54, 1.807) is 0 Å². The zero-order valence-corrected chi connectivity index (χ0v) is 15.6. The average Bonchev–Trinajstić information content (AvgIpc) is 2.65. The SMILES string of the molecule is COc1cc(C(=O)NNc2ccc([N+](=O)[O-])cn2)c(Br)c(OC)c1OC. The predicted molar refractivity (Wildman–Crippen MR) is 95.8 cm³/mol. The fourth-order valence-electron chi connectivity index (χ4n) is 2.04. The first kappa shape index (κ1) is 19.2. The van der Waals surface area contributed by atoms with Gasteiger partial charge in [0, 0.05) is 6.07 Å². The van der Waals surface area contributed by atoms with Crippen molar-refractivity contribution in [3.63, 3.8) is 0 Å². The summed E-state index contributed by atoms with van der Waals surface area (Å²) in [6.45, 7) is 0. The van der Waals surface area contributed by atoms with Crippen LogP contribution in [-0.4, -0.2) is 37.1 Å². The van der Waals surface area contributed by atoms with Gasteiger partial charge in [-0.1, -0.05) is 0 Å². The molecule has 2 rings (SSSR count). The number of ether oxygens (including phenoxy) is 3. The van der Waals surface area contributed by atoms with Crippen molar-refractivity contribution >= 4 is 33.3 Å². The molecule has 2 N–H and O–H groups in total. The second-order valence-corrected chi connectivity index (χ2v) is 5.54. The summed E-state index contributed by atoms with van der Waals surface area (Å²) in [6.07, 6.45) is 1.07. The Balaban J connectivity index is 2.22. The highest BCUT2D eigenvalue weighted by Gasteiger charge is 2.22. The molecule has 26 heavy (non-hydrogen) atoms. The van der Waals surface area contributed by atoms with E-state index in [2.05, 4.69) is 31.8 Å². The van der Waals surface area contributed by atoms with Gasteiger partial charge in [-0.2, -0.15) is 0 Å². The molecule has 10 nitrogen and oxygen atoms in total. The van der Waals surface area contributed by atoms with Crippen LogP contribution in [0.5, 0.6) is 17.2 Å². The molecule has 1 heterocycles. The summed E-state index contributed by atoms with van der Waals surface area (Å²) >= 11 is 3.31. The molecule has 1 aromatic heterocycles. The van der Waals surface area contributed by atoms with E-state index in [1.807, 2.05) is 0 Å². The Morgan fingerprint density at radius 1 is 1.19 bits per heavy atom. The molecule has 0 radical (unpaired) electrons. The summed E-state index contributed by atoms with van der Waals surface area (Å²) in [5.41, 5.74) is 5.07. The first-order valence-corrected chi connectivity index (χ1v) is 7.87. The molecule has 0 saturated heterocycles. The number of carbonyl (C=O) groups excluding carboxylic acids is 1. The zero-order chi connectivity index (χ0) is 19.3. The van der Waals surface area contributed by atoms with Crippen molar-refractivity contribution in [3.8, 4) is 17.2 Å². The van der Waals surface area contributed by atoms with Gasteiger partial charge in [0.2, 0.25) is 5.75 Å². The number of rotatable bonds is 7. The Bertz CT molecular complexity index is 828. The lowest BCUT2D eigenvalue weighted by atomic mass is 10.1. The third-order valence-electron chi connectivity index (χ3n) is 3.28. The Morgan fingerprint density at radius 3 is 2.38 bits per heavy atom. The van der Waals surface area contributed by atoms with Crippen LogP contribution in [0.4, 0.5) is 11.5 Å². The van der Waals surface area contributed by atoms with E-state index in [0.717, 1.165) is 6.20 Å². The number of halogens is 1. The minimum atomic E-state index is -0.567. The third-order valence-corrected chi connectivity index (χ3v) is 4.06. The van der Waals surface area contributed by atoms with Gasteiger partial charge < -0.3 is 14.2 Å². The molecule has 2 aromatic rings. The minimum absolute atomic E-state index is 0.158. The third kappa shape index (κ3) is 3.94. The van der Waals surface area contributed by atoms with Gasteiger partial charge in [0.25, 0.3) is 11.6 Å². The summed E-state index contributed by atoms with van der Waals surface area (Å²) in [5, 5.41) is 10.6. The molecule has 0 aliphatic heterocycles. The van der Waals surface area contributed by atoms with Gasteiger partial charge >= 0.3 is 0 Å². The van der Waals surface area contributed by atoms with Crippen LogP contribution in [0.1, 0.15) is 10.4 Å². The van der Waals surface area contributed by atoms with E-state index in [-0.39, 0.29) is 17.1 Å². The Hall–Kier alpha value is -3.08. The van der Waals surface area contributed by atoms with Crippen molar-refractivity contribution in [1.29, 1.82) is 0 Å². The first-order valence-electron chi connectivity index (χ1n) is 7.08. The lowest BCUT2D eigenvalue weighted by molar-refractivity contribution is -0.385. The number of methoxy groups -OCH3 is 3. The number of hydrogen-bond acceptors (Lipinski definition) is 8. The van der Waals surface area contributed by atoms with Crippen molar-refractivity contribution in [2.75, 3.05) is 26.8 Å². The molecule has 0 unspecified atom stereocenters. The smallest absolute Gasteiger partial charge is 0.287 e. The molecule has 11 heteroatoms. The molecule has 0 atom stereocenters. The maximum atomic E-state index is 12.5. The Kier molecular flexibility index (Phi) is 6.17. The Morgan fingerprint density at radius 2 is 1.88 bits per heavy atom. The van der Waals surface area contributed by atoms with Crippen LogP contribution in [0.25, 0.3) is 0 Å². The number of hydrogen-bond donors (Lipinski definition) is 2. The van der Waals surface area contributed by atoms with Crippen LogP contribution in [-0.2, 0) is 0 Å². The van der Waals surface area contributed by atoms with E-state index < -0.39 is 10.8 Å². The zero-order valence-electron chi connectivity index (χ0n) is 14.0. The molecule has 0 aliphatic carbocycles. The molecule has 0 aliphatic rings. The molecular formula is C15H15BrN4O6. The van der Waals surface area contributed by atoms with Gasteiger partial charge in [0.1, 0.15) is 12.0 Å². The van der Waals surface area contributed by atoms with Crippen LogP contribution >= 0.6 is 15.9 Å². The van der Waals surface area contributed by atoms with Crippen LogP contribution in [0.3, 0.4) is 0 Å². The summed E-state index contributed by atoms with van der Waals surface area (Å²) in [6, 6.07) is 4.10. The van der Waals surface area contributed by atoms with Gasteiger partial charge in [-0.15, -0.1) is 0 Å². The predicted octanol–water partition coefficient (Wildman–Crippen LogP) is 2.54. The highest BCUT2D eigenvalue weighted by molar-refractivity contribution is 9.10. The summed E-state index contributed by atoms with van der Waals surface area (Å²) in [4.78, 5) is 26.3. The molecule has 0 spiro atoms. The number of benzene rings is 1. The minimum Gasteiger partial charge on any atom is -0.493 e. The van der Waals surface area contributed by atoms with E-state index in [9.17, 15) is 14.9 Å². The number of nitrogens with zero attached hydrogens (tertiary/aromatic N) is 2. The van der Waals surface area contributed by atoms with Crippen LogP contribution < -0.4 is 25.1 Å². The maximum Gasteiger partial charge on any atom is 0.287 e. The Labute approximate surface area is 156 Å². The van der Waals surface area contributed by atoms with E-state index in [4.69, 9.17) is 14.2 Å². The molecule has 0 bridgehead atoms. The van der Waals surface area contributed by atoms with Crippen molar-refractivity contribution in [2.24, 2.45) is 0 Å². The van der Waals surface area contributed by atoms with Gasteiger partial charge in [0.15, 0.2) is 11.5 Å². The normalized spacial score (nSPS) is 10.0. The summed E-state index contributed by atoms with van der Waals surface area (Å²) in [7, 11) is 4.32. The van der Waals surface area contributed by atoms with E-state index >= 15 is 0 Å². The molecular weight excluding hydrogens is 412 g/mol. The second kappa shape index (κ2) is 8.34. The molecule has 0 saturated carbocycles. The van der Waals surface area contributed by atoms with Crippen LogP contribution in [0.15, 0.2) is 28.9 Å². The highest BCUT2D eigenvalue weighted by Crippen LogP contribution is 2.44.